The lowest BCUT2D eigenvalue weighted by atomic mass is 10.1. The van der Waals surface area contributed by atoms with Gasteiger partial charge in [-0.1, -0.05) is 19.8 Å². The van der Waals surface area contributed by atoms with E-state index in [-0.39, 0.29) is 0 Å². The molecule has 0 rings (SSSR count). The summed E-state index contributed by atoms with van der Waals surface area (Å²) in [6, 6.07) is -1.73. The van der Waals surface area contributed by atoms with Crippen LogP contribution >= 0.6 is 0 Å². The molecule has 0 heterocycles. The van der Waals surface area contributed by atoms with Gasteiger partial charge in [0, 0.05) is 0 Å². The topological polar surface area (TPSA) is 98.7 Å². The quantitative estimate of drug-likeness (QED) is 0.320. The summed E-state index contributed by atoms with van der Waals surface area (Å²) in [7, 11) is 0. The summed E-state index contributed by atoms with van der Waals surface area (Å²) in [4.78, 5) is 22.6. The average molecular weight is 274 g/mol. The van der Waals surface area contributed by atoms with Gasteiger partial charge in [-0.05, 0) is 26.8 Å². The van der Waals surface area contributed by atoms with Crippen LogP contribution in [-0.4, -0.2) is 53.2 Å². The fourth-order valence-electron chi connectivity index (χ4n) is 1.64. The van der Waals surface area contributed by atoms with Gasteiger partial charge in [0.15, 0.2) is 0 Å². The Morgan fingerprint density at radius 2 is 1.84 bits per heavy atom. The molecule has 0 aliphatic heterocycles. The number of aliphatic hydroxyl groups is 2. The highest BCUT2D eigenvalue weighted by molar-refractivity contribution is 5.85. The minimum atomic E-state index is -0.962. The van der Waals surface area contributed by atoms with Crippen molar-refractivity contribution in [3.63, 3.8) is 0 Å². The number of hydrogen-bond donors (Lipinski definition) is 4. The van der Waals surface area contributed by atoms with Crippen molar-refractivity contribution in [2.45, 2.75) is 64.3 Å². The van der Waals surface area contributed by atoms with Crippen molar-refractivity contribution in [1.82, 2.24) is 10.6 Å². The highest BCUT2D eigenvalue weighted by Gasteiger charge is 2.26. The van der Waals surface area contributed by atoms with E-state index < -0.39 is 30.2 Å². The van der Waals surface area contributed by atoms with E-state index in [0.717, 1.165) is 19.3 Å². The van der Waals surface area contributed by atoms with Gasteiger partial charge in [0.25, 0.3) is 0 Å². The van der Waals surface area contributed by atoms with Gasteiger partial charge in [-0.3, -0.25) is 4.79 Å². The maximum absolute atomic E-state index is 11.9. The summed E-state index contributed by atoms with van der Waals surface area (Å²) < 4.78 is 0. The highest BCUT2D eigenvalue weighted by atomic mass is 16.3. The summed E-state index contributed by atoms with van der Waals surface area (Å²) in [5.74, 6) is -0.482. The zero-order valence-electron chi connectivity index (χ0n) is 11.9. The number of rotatable bonds is 10. The zero-order chi connectivity index (χ0) is 14.8. The Kier molecular flexibility index (Phi) is 9.38. The summed E-state index contributed by atoms with van der Waals surface area (Å²) in [5.41, 5.74) is 0. The minimum absolute atomic E-state index is 0.482. The molecule has 0 saturated heterocycles. The van der Waals surface area contributed by atoms with Gasteiger partial charge < -0.3 is 25.6 Å². The molecule has 0 unspecified atom stereocenters. The van der Waals surface area contributed by atoms with Crippen LogP contribution in [0.1, 0.15) is 40.0 Å². The second kappa shape index (κ2) is 9.89. The summed E-state index contributed by atoms with van der Waals surface area (Å²) in [5, 5.41) is 24.3. The molecule has 0 aromatic heterocycles. The largest absolute Gasteiger partial charge is 0.391 e. The van der Waals surface area contributed by atoms with E-state index in [1.165, 1.54) is 13.8 Å². The third-order valence-corrected chi connectivity index (χ3v) is 2.88. The number of carbonyl (C=O) groups is 2. The lowest BCUT2D eigenvalue weighted by Gasteiger charge is -2.23. The van der Waals surface area contributed by atoms with Crippen molar-refractivity contribution >= 4 is 12.2 Å². The first kappa shape index (κ1) is 18.0. The Labute approximate surface area is 114 Å². The molecule has 112 valence electrons. The second-order valence-electron chi connectivity index (χ2n) is 4.79. The molecule has 4 atom stereocenters. The van der Waals surface area contributed by atoms with Crippen molar-refractivity contribution in [2.75, 3.05) is 6.54 Å². The maximum atomic E-state index is 11.9. The summed E-state index contributed by atoms with van der Waals surface area (Å²) in [6.07, 6.45) is 1.69. The number of aldehydes is 1. The molecule has 0 radical (unpaired) electrons. The van der Waals surface area contributed by atoms with Gasteiger partial charge in [0.2, 0.25) is 5.91 Å². The zero-order valence-corrected chi connectivity index (χ0v) is 11.9. The highest BCUT2D eigenvalue weighted by Crippen LogP contribution is 1.98. The molecule has 0 bridgehead atoms. The maximum Gasteiger partial charge on any atom is 0.240 e. The van der Waals surface area contributed by atoms with Crippen molar-refractivity contribution in [2.24, 2.45) is 0 Å². The van der Waals surface area contributed by atoms with Crippen molar-refractivity contribution in [3.05, 3.63) is 0 Å². The smallest absolute Gasteiger partial charge is 0.240 e. The minimum Gasteiger partial charge on any atom is -0.391 e. The van der Waals surface area contributed by atoms with Crippen LogP contribution in [0, 0.1) is 0 Å². The van der Waals surface area contributed by atoms with Crippen LogP contribution in [0.4, 0.5) is 0 Å². The van der Waals surface area contributed by atoms with Crippen LogP contribution in [0.2, 0.25) is 0 Å². The number of unbranched alkanes of at least 4 members (excludes halogenated alkanes) is 2. The van der Waals surface area contributed by atoms with Crippen LogP contribution in [0.5, 0.6) is 0 Å². The van der Waals surface area contributed by atoms with Gasteiger partial charge in [0.1, 0.15) is 18.4 Å². The van der Waals surface area contributed by atoms with E-state index in [1.54, 1.807) is 0 Å². The van der Waals surface area contributed by atoms with Crippen LogP contribution in [0.15, 0.2) is 0 Å². The van der Waals surface area contributed by atoms with E-state index >= 15 is 0 Å². The molecule has 0 aliphatic carbocycles. The number of aliphatic hydroxyl groups excluding tert-OH is 2. The van der Waals surface area contributed by atoms with Gasteiger partial charge >= 0.3 is 0 Å². The van der Waals surface area contributed by atoms with E-state index in [1.807, 2.05) is 0 Å². The third-order valence-electron chi connectivity index (χ3n) is 2.88. The second-order valence-corrected chi connectivity index (χ2v) is 4.79. The SMILES string of the molecule is CCCCCN[C@H](C(=O)N[C@@H](C=O)[C@H](C)O)[C@@H](C)O. The molecule has 0 aliphatic rings. The number of hydrogen-bond acceptors (Lipinski definition) is 5. The predicted octanol–water partition coefficient (Wildman–Crippen LogP) is -0.420. The van der Waals surface area contributed by atoms with Crippen molar-refractivity contribution in [1.29, 1.82) is 0 Å². The summed E-state index contributed by atoms with van der Waals surface area (Å²) >= 11 is 0. The molecule has 0 saturated carbocycles. The number of nitrogens with one attached hydrogen (secondary N) is 2. The van der Waals surface area contributed by atoms with E-state index in [0.29, 0.717) is 12.8 Å². The van der Waals surface area contributed by atoms with E-state index in [2.05, 4.69) is 17.6 Å². The van der Waals surface area contributed by atoms with Crippen LogP contribution in [0.25, 0.3) is 0 Å². The van der Waals surface area contributed by atoms with Crippen molar-refractivity contribution < 1.29 is 19.8 Å². The first-order valence-corrected chi connectivity index (χ1v) is 6.79. The molecule has 0 aromatic rings. The molecule has 0 fully saturated rings. The van der Waals surface area contributed by atoms with Crippen molar-refractivity contribution in [3.8, 4) is 0 Å². The number of carbonyl (C=O) groups excluding carboxylic acids is 2. The third kappa shape index (κ3) is 7.25. The molecule has 6 heteroatoms. The average Bonchev–Trinajstić information content (AvgIpc) is 2.34. The first-order valence-electron chi connectivity index (χ1n) is 6.79. The van der Waals surface area contributed by atoms with Crippen LogP contribution in [-0.2, 0) is 9.59 Å². The molecular weight excluding hydrogens is 248 g/mol. The lowest BCUT2D eigenvalue weighted by Crippen LogP contribution is -2.55. The standard InChI is InChI=1S/C13H26N2O4/c1-4-5-6-7-14-12(10(3)18)13(19)15-11(8-16)9(2)17/h8-12,14,17-18H,4-7H2,1-3H3,(H,15,19)/t9-,10+,11-,12-/m0/s1. The fourth-order valence-corrected chi connectivity index (χ4v) is 1.64. The molecule has 1 amide bonds. The predicted molar refractivity (Wildman–Crippen MR) is 72.7 cm³/mol. The fraction of sp³-hybridized carbons (Fsp3) is 0.846. The Balaban J connectivity index is 4.36. The van der Waals surface area contributed by atoms with Gasteiger partial charge in [-0.25, -0.2) is 0 Å². The summed E-state index contributed by atoms with van der Waals surface area (Å²) in [6.45, 7) is 5.63. The first-order chi connectivity index (χ1) is 8.93. The number of amides is 1. The van der Waals surface area contributed by atoms with Crippen LogP contribution < -0.4 is 10.6 Å². The van der Waals surface area contributed by atoms with Gasteiger partial charge in [-0.2, -0.15) is 0 Å². The lowest BCUT2D eigenvalue weighted by molar-refractivity contribution is -0.129. The monoisotopic (exact) mass is 274 g/mol. The molecule has 4 N–H and O–H groups in total. The van der Waals surface area contributed by atoms with Crippen LogP contribution in [0.3, 0.4) is 0 Å². The molecule has 19 heavy (non-hydrogen) atoms. The van der Waals surface area contributed by atoms with Gasteiger partial charge in [0.05, 0.1) is 12.2 Å². The Hall–Kier alpha value is -0.980. The van der Waals surface area contributed by atoms with Gasteiger partial charge in [-0.15, -0.1) is 0 Å². The molecular formula is C13H26N2O4. The molecule has 0 aromatic carbocycles. The van der Waals surface area contributed by atoms with E-state index in [4.69, 9.17) is 0 Å². The Bertz CT molecular complexity index is 269. The van der Waals surface area contributed by atoms with E-state index in [9.17, 15) is 19.8 Å². The molecule has 6 nitrogen and oxygen atoms in total. The Morgan fingerprint density at radius 3 is 2.26 bits per heavy atom. The molecule has 0 spiro atoms. The Morgan fingerprint density at radius 1 is 1.21 bits per heavy atom. The normalized spacial score (nSPS) is 17.3.